The summed E-state index contributed by atoms with van der Waals surface area (Å²) in [5, 5.41) is 12.9. The average Bonchev–Trinajstić information content (AvgIpc) is 3.01. The van der Waals surface area contributed by atoms with Gasteiger partial charge >= 0.3 is 0 Å². The Morgan fingerprint density at radius 1 is 1.30 bits per heavy atom. The largest absolute Gasteiger partial charge is 0.486 e. The van der Waals surface area contributed by atoms with Crippen LogP contribution in [-0.4, -0.2) is 32.5 Å². The van der Waals surface area contributed by atoms with E-state index in [1.807, 2.05) is 23.7 Å². The minimum Gasteiger partial charge on any atom is -0.486 e. The fraction of sp³-hybridized carbons (Fsp3) is 0.526. The molecule has 1 aliphatic carbocycles. The quantitative estimate of drug-likeness (QED) is 0.705. The molecule has 27 heavy (non-hydrogen) atoms. The first kappa shape index (κ1) is 20.0. The van der Waals surface area contributed by atoms with Crippen LogP contribution in [0.5, 0.6) is 5.75 Å². The second-order valence-corrected chi connectivity index (χ2v) is 8.30. The Labute approximate surface area is 169 Å². The molecule has 1 aromatic carbocycles. The predicted molar refractivity (Wildman–Crippen MR) is 107 cm³/mol. The van der Waals surface area contributed by atoms with Crippen molar-refractivity contribution in [3.63, 3.8) is 0 Å². The molecule has 1 saturated carbocycles. The molecule has 1 fully saturated rings. The second-order valence-electron chi connectivity index (χ2n) is 6.92. The Bertz CT molecular complexity index is 766. The maximum Gasteiger partial charge on any atom is 0.230 e. The van der Waals surface area contributed by atoms with Gasteiger partial charge in [-0.05, 0) is 43.0 Å². The molecule has 1 aromatic heterocycles. The topological polar surface area (TPSA) is 69.0 Å². The van der Waals surface area contributed by atoms with Gasteiger partial charge in [-0.25, -0.2) is 0 Å². The molecule has 0 bridgehead atoms. The highest BCUT2D eigenvalue weighted by Crippen LogP contribution is 2.24. The van der Waals surface area contributed by atoms with Crippen molar-refractivity contribution in [2.75, 3.05) is 5.75 Å². The third kappa shape index (κ3) is 5.62. The summed E-state index contributed by atoms with van der Waals surface area (Å²) in [7, 11) is 1.88. The van der Waals surface area contributed by atoms with Crippen LogP contribution >= 0.6 is 23.4 Å². The lowest BCUT2D eigenvalue weighted by molar-refractivity contribution is -0.119. The van der Waals surface area contributed by atoms with Gasteiger partial charge in [-0.2, -0.15) is 0 Å². The SMILES string of the molecule is C[C@@H]1CCCC[C@@H]1NC(=O)CSc1nnc(COc2ccc(Cl)cc2)n1C. The van der Waals surface area contributed by atoms with Gasteiger partial charge in [0.05, 0.1) is 5.75 Å². The van der Waals surface area contributed by atoms with E-state index in [0.717, 1.165) is 12.2 Å². The lowest BCUT2D eigenvalue weighted by atomic mass is 9.86. The standard InChI is InChI=1S/C19H25ClN4O2S/c1-13-5-3-4-6-16(13)21-18(25)12-27-19-23-22-17(24(19)2)11-26-15-9-7-14(20)8-10-15/h7-10,13,16H,3-6,11-12H2,1-2H3,(H,21,25)/t13-,16+/m1/s1. The molecule has 0 spiro atoms. The third-order valence-corrected chi connectivity index (χ3v) is 6.17. The first-order valence-electron chi connectivity index (χ1n) is 9.21. The van der Waals surface area contributed by atoms with Crippen molar-refractivity contribution in [2.45, 2.75) is 50.4 Å². The number of carbonyl (C=O) groups excluding carboxylic acids is 1. The fourth-order valence-corrected chi connectivity index (χ4v) is 4.05. The zero-order chi connectivity index (χ0) is 19.2. The number of carbonyl (C=O) groups is 1. The first-order chi connectivity index (χ1) is 13.0. The molecular weight excluding hydrogens is 384 g/mol. The Kier molecular flexibility index (Phi) is 7.01. The third-order valence-electron chi connectivity index (χ3n) is 4.90. The van der Waals surface area contributed by atoms with Crippen LogP contribution in [0.1, 0.15) is 38.4 Å². The molecular formula is C19H25ClN4O2S. The minimum absolute atomic E-state index is 0.0562. The monoisotopic (exact) mass is 408 g/mol. The number of hydrogen-bond acceptors (Lipinski definition) is 5. The molecule has 6 nitrogen and oxygen atoms in total. The molecule has 0 radical (unpaired) electrons. The van der Waals surface area contributed by atoms with Crippen LogP contribution in [0.4, 0.5) is 0 Å². The van der Waals surface area contributed by atoms with E-state index in [0.29, 0.717) is 40.3 Å². The van der Waals surface area contributed by atoms with Gasteiger partial charge in [0.15, 0.2) is 11.0 Å². The number of hydrogen-bond donors (Lipinski definition) is 1. The number of thioether (sulfide) groups is 1. The summed E-state index contributed by atoms with van der Waals surface area (Å²) in [5.74, 6) is 2.37. The van der Waals surface area contributed by atoms with Crippen molar-refractivity contribution in [2.24, 2.45) is 13.0 Å². The van der Waals surface area contributed by atoms with Gasteiger partial charge in [0.25, 0.3) is 0 Å². The van der Waals surface area contributed by atoms with E-state index in [1.54, 1.807) is 12.1 Å². The van der Waals surface area contributed by atoms with Crippen LogP contribution in [0.3, 0.4) is 0 Å². The molecule has 0 aliphatic heterocycles. The predicted octanol–water partition coefficient (Wildman–Crippen LogP) is 3.83. The van der Waals surface area contributed by atoms with E-state index >= 15 is 0 Å². The van der Waals surface area contributed by atoms with Crippen molar-refractivity contribution in [3.8, 4) is 5.75 Å². The van der Waals surface area contributed by atoms with Crippen LogP contribution in [0.2, 0.25) is 5.02 Å². The first-order valence-corrected chi connectivity index (χ1v) is 10.6. The number of nitrogens with zero attached hydrogens (tertiary/aromatic N) is 3. The maximum atomic E-state index is 12.3. The Balaban J connectivity index is 1.48. The summed E-state index contributed by atoms with van der Waals surface area (Å²) in [4.78, 5) is 12.3. The molecule has 146 valence electrons. The van der Waals surface area contributed by atoms with Crippen LogP contribution in [0.25, 0.3) is 0 Å². The maximum absolute atomic E-state index is 12.3. The van der Waals surface area contributed by atoms with E-state index in [-0.39, 0.29) is 5.91 Å². The van der Waals surface area contributed by atoms with Crippen molar-refractivity contribution in [1.29, 1.82) is 0 Å². The van der Waals surface area contributed by atoms with Gasteiger partial charge in [0.1, 0.15) is 12.4 Å². The summed E-state index contributed by atoms with van der Waals surface area (Å²) >= 11 is 7.26. The molecule has 0 unspecified atom stereocenters. The van der Waals surface area contributed by atoms with Gasteiger partial charge in [-0.3, -0.25) is 4.79 Å². The van der Waals surface area contributed by atoms with Crippen molar-refractivity contribution in [1.82, 2.24) is 20.1 Å². The number of nitrogens with one attached hydrogen (secondary N) is 1. The molecule has 1 aliphatic rings. The number of benzene rings is 1. The number of rotatable bonds is 7. The molecule has 2 aromatic rings. The van der Waals surface area contributed by atoms with Crippen LogP contribution in [-0.2, 0) is 18.4 Å². The molecule has 2 atom stereocenters. The van der Waals surface area contributed by atoms with Gasteiger partial charge in [-0.1, -0.05) is 43.1 Å². The Hall–Kier alpha value is -1.73. The number of halogens is 1. The second kappa shape index (κ2) is 9.46. The van der Waals surface area contributed by atoms with Gasteiger partial charge in [0.2, 0.25) is 5.91 Å². The molecule has 1 amide bonds. The summed E-state index contributed by atoms with van der Waals surface area (Å²) in [5.41, 5.74) is 0. The van der Waals surface area contributed by atoms with Crippen LogP contribution < -0.4 is 10.1 Å². The molecule has 0 saturated heterocycles. The van der Waals surface area contributed by atoms with Crippen molar-refractivity contribution < 1.29 is 9.53 Å². The van der Waals surface area contributed by atoms with E-state index in [2.05, 4.69) is 22.4 Å². The Morgan fingerprint density at radius 2 is 2.04 bits per heavy atom. The highest BCUT2D eigenvalue weighted by molar-refractivity contribution is 7.99. The highest BCUT2D eigenvalue weighted by atomic mass is 35.5. The lowest BCUT2D eigenvalue weighted by Gasteiger charge is -2.29. The summed E-state index contributed by atoms with van der Waals surface area (Å²) < 4.78 is 7.57. The smallest absolute Gasteiger partial charge is 0.230 e. The van der Waals surface area contributed by atoms with Crippen LogP contribution in [0.15, 0.2) is 29.4 Å². The van der Waals surface area contributed by atoms with Gasteiger partial charge < -0.3 is 14.6 Å². The van der Waals surface area contributed by atoms with Gasteiger partial charge in [0, 0.05) is 18.1 Å². The highest BCUT2D eigenvalue weighted by Gasteiger charge is 2.23. The average molecular weight is 409 g/mol. The van der Waals surface area contributed by atoms with Crippen molar-refractivity contribution >= 4 is 29.3 Å². The summed E-state index contributed by atoms with van der Waals surface area (Å²) in [6.07, 6.45) is 4.73. The number of ether oxygens (including phenoxy) is 1. The minimum atomic E-state index is 0.0562. The normalized spacial score (nSPS) is 19.7. The van der Waals surface area contributed by atoms with E-state index in [1.165, 1.54) is 31.0 Å². The van der Waals surface area contributed by atoms with E-state index < -0.39 is 0 Å². The van der Waals surface area contributed by atoms with Gasteiger partial charge in [-0.15, -0.1) is 10.2 Å². The van der Waals surface area contributed by atoms with Crippen LogP contribution in [0, 0.1) is 5.92 Å². The molecule has 3 rings (SSSR count). The zero-order valence-corrected chi connectivity index (χ0v) is 17.2. The number of amides is 1. The number of aromatic nitrogens is 3. The summed E-state index contributed by atoms with van der Waals surface area (Å²) in [6, 6.07) is 7.48. The molecule has 1 N–H and O–H groups in total. The van der Waals surface area contributed by atoms with Crippen molar-refractivity contribution in [3.05, 3.63) is 35.1 Å². The van der Waals surface area contributed by atoms with E-state index in [9.17, 15) is 4.79 Å². The molecule has 1 heterocycles. The Morgan fingerprint density at radius 3 is 2.78 bits per heavy atom. The molecule has 8 heteroatoms. The fourth-order valence-electron chi connectivity index (χ4n) is 3.18. The summed E-state index contributed by atoms with van der Waals surface area (Å²) in [6.45, 7) is 2.52. The zero-order valence-electron chi connectivity index (χ0n) is 15.7. The lowest BCUT2D eigenvalue weighted by Crippen LogP contribution is -2.41. The van der Waals surface area contributed by atoms with E-state index in [4.69, 9.17) is 16.3 Å².